The van der Waals surface area contributed by atoms with Crippen molar-refractivity contribution in [2.24, 2.45) is 0 Å². The van der Waals surface area contributed by atoms with Gasteiger partial charge in [0.15, 0.2) is 0 Å². The third-order valence-corrected chi connectivity index (χ3v) is 5.10. The Hall–Kier alpha value is -3.08. The van der Waals surface area contributed by atoms with E-state index in [0.717, 1.165) is 42.0 Å². The maximum absolute atomic E-state index is 13.1. The molecular weight excluding hydrogens is 353 g/mol. The molecule has 4 rings (SSSR count). The number of benzene rings is 1. The number of carbonyl (C=O) groups excluding carboxylic acids is 1. The number of halogens is 1. The lowest BCUT2D eigenvalue weighted by Crippen LogP contribution is -2.32. The van der Waals surface area contributed by atoms with E-state index in [9.17, 15) is 9.18 Å². The lowest BCUT2D eigenvalue weighted by Gasteiger charge is -2.24. The molecule has 0 bridgehead atoms. The Bertz CT molecular complexity index is 944. The van der Waals surface area contributed by atoms with Crippen LogP contribution in [0.1, 0.15) is 41.5 Å². The summed E-state index contributed by atoms with van der Waals surface area (Å²) in [5, 5.41) is 0. The summed E-state index contributed by atoms with van der Waals surface area (Å²) in [6.07, 6.45) is 4.56. The van der Waals surface area contributed by atoms with Gasteiger partial charge in [0.05, 0.1) is 18.2 Å². The van der Waals surface area contributed by atoms with Crippen LogP contribution >= 0.6 is 0 Å². The van der Waals surface area contributed by atoms with Gasteiger partial charge in [-0.05, 0) is 54.8 Å². The van der Waals surface area contributed by atoms with Gasteiger partial charge in [-0.2, -0.15) is 0 Å². The second-order valence-electron chi connectivity index (χ2n) is 7.10. The van der Waals surface area contributed by atoms with Crippen molar-refractivity contribution in [2.75, 3.05) is 6.54 Å². The minimum Gasteiger partial charge on any atom is -0.334 e. The fourth-order valence-corrected chi connectivity index (χ4v) is 3.73. The summed E-state index contributed by atoms with van der Waals surface area (Å²) in [6, 6.07) is 18.1. The Balaban J connectivity index is 1.49. The Kier molecular flexibility index (Phi) is 5.42. The zero-order valence-corrected chi connectivity index (χ0v) is 15.6. The second kappa shape index (κ2) is 8.30. The van der Waals surface area contributed by atoms with Gasteiger partial charge >= 0.3 is 0 Å². The van der Waals surface area contributed by atoms with Crippen LogP contribution in [0.2, 0.25) is 0 Å². The first-order valence-corrected chi connectivity index (χ1v) is 9.59. The molecule has 1 aliphatic heterocycles. The van der Waals surface area contributed by atoms with Crippen LogP contribution in [0.25, 0.3) is 0 Å². The number of rotatable bonds is 5. The maximum Gasteiger partial charge on any atom is 0.229 e. The molecular formula is C23H22FN3O. The van der Waals surface area contributed by atoms with Crippen LogP contribution in [0.4, 0.5) is 4.39 Å². The lowest BCUT2D eigenvalue weighted by molar-refractivity contribution is -0.131. The van der Waals surface area contributed by atoms with Crippen LogP contribution < -0.4 is 0 Å². The third kappa shape index (κ3) is 4.25. The van der Waals surface area contributed by atoms with Crippen molar-refractivity contribution in [3.05, 3.63) is 95.3 Å². The minimum atomic E-state index is -0.238. The number of carbonyl (C=O) groups is 1. The zero-order valence-electron chi connectivity index (χ0n) is 15.6. The first kappa shape index (κ1) is 18.3. The number of aromatic nitrogens is 2. The highest BCUT2D eigenvalue weighted by Crippen LogP contribution is 2.31. The number of nitrogens with zero attached hydrogens (tertiary/aromatic N) is 3. The van der Waals surface area contributed by atoms with Crippen LogP contribution in [0.15, 0.2) is 66.9 Å². The van der Waals surface area contributed by atoms with E-state index in [1.54, 1.807) is 18.3 Å². The summed E-state index contributed by atoms with van der Waals surface area (Å²) in [5.41, 5.74) is 3.65. The molecule has 0 aliphatic carbocycles. The summed E-state index contributed by atoms with van der Waals surface area (Å²) in [7, 11) is 0. The SMILES string of the molecule is O=C(Cc1ccccn1)N1CCC[C@H]1c1cccc(Cc2ccc(F)cc2)n1. The molecule has 0 N–H and O–H groups in total. The molecule has 4 nitrogen and oxygen atoms in total. The molecule has 1 amide bonds. The topological polar surface area (TPSA) is 46.1 Å². The van der Waals surface area contributed by atoms with Gasteiger partial charge in [-0.25, -0.2) is 4.39 Å². The standard InChI is InChI=1S/C23H22FN3O/c24-18-11-9-17(10-12-18)15-20-6-3-7-21(26-20)22-8-4-14-27(22)23(28)16-19-5-1-2-13-25-19/h1-3,5-7,9-13,22H,4,8,14-16H2/t22-/m0/s1. The fourth-order valence-electron chi connectivity index (χ4n) is 3.73. The number of amides is 1. The lowest BCUT2D eigenvalue weighted by atomic mass is 10.1. The molecule has 1 aliphatic rings. The number of hydrogen-bond acceptors (Lipinski definition) is 3. The van der Waals surface area contributed by atoms with Gasteiger partial charge < -0.3 is 4.90 Å². The van der Waals surface area contributed by atoms with Crippen LogP contribution in [0.3, 0.4) is 0 Å². The van der Waals surface area contributed by atoms with Crippen LogP contribution in [-0.4, -0.2) is 27.3 Å². The Morgan fingerprint density at radius 3 is 2.64 bits per heavy atom. The maximum atomic E-state index is 13.1. The van der Waals surface area contributed by atoms with E-state index >= 15 is 0 Å². The molecule has 1 aromatic carbocycles. The molecule has 28 heavy (non-hydrogen) atoms. The Morgan fingerprint density at radius 2 is 1.86 bits per heavy atom. The van der Waals surface area contributed by atoms with Crippen molar-refractivity contribution in [1.29, 1.82) is 0 Å². The quantitative estimate of drug-likeness (QED) is 0.674. The van der Waals surface area contributed by atoms with E-state index in [4.69, 9.17) is 4.98 Å². The van der Waals surface area contributed by atoms with E-state index in [1.165, 1.54) is 12.1 Å². The van der Waals surface area contributed by atoms with Gasteiger partial charge in [0.2, 0.25) is 5.91 Å². The third-order valence-electron chi connectivity index (χ3n) is 5.10. The van der Waals surface area contributed by atoms with Gasteiger partial charge in [0.25, 0.3) is 0 Å². The Labute approximate surface area is 164 Å². The van der Waals surface area contributed by atoms with E-state index in [1.807, 2.05) is 41.3 Å². The highest BCUT2D eigenvalue weighted by Gasteiger charge is 2.31. The van der Waals surface area contributed by atoms with Crippen molar-refractivity contribution in [1.82, 2.24) is 14.9 Å². The Morgan fingerprint density at radius 1 is 1.04 bits per heavy atom. The molecule has 1 saturated heterocycles. The molecule has 0 radical (unpaired) electrons. The zero-order chi connectivity index (χ0) is 19.3. The van der Waals surface area contributed by atoms with Gasteiger partial charge in [0, 0.05) is 30.6 Å². The first-order chi connectivity index (χ1) is 13.7. The van der Waals surface area contributed by atoms with Crippen LogP contribution in [0, 0.1) is 5.82 Å². The largest absolute Gasteiger partial charge is 0.334 e. The average molecular weight is 375 g/mol. The van der Waals surface area contributed by atoms with Crippen molar-refractivity contribution >= 4 is 5.91 Å². The fraction of sp³-hybridized carbons (Fsp3) is 0.261. The highest BCUT2D eigenvalue weighted by atomic mass is 19.1. The summed E-state index contributed by atoms with van der Waals surface area (Å²) in [5.74, 6) is -0.148. The predicted octanol–water partition coefficient (Wildman–Crippen LogP) is 4.11. The molecule has 5 heteroatoms. The molecule has 0 unspecified atom stereocenters. The van der Waals surface area contributed by atoms with Gasteiger partial charge in [-0.3, -0.25) is 14.8 Å². The van der Waals surface area contributed by atoms with E-state index in [-0.39, 0.29) is 17.8 Å². The van der Waals surface area contributed by atoms with E-state index < -0.39 is 0 Å². The summed E-state index contributed by atoms with van der Waals surface area (Å²) in [4.78, 5) is 23.8. The number of pyridine rings is 2. The van der Waals surface area contributed by atoms with Crippen molar-refractivity contribution in [3.63, 3.8) is 0 Å². The van der Waals surface area contributed by atoms with Gasteiger partial charge in [-0.1, -0.05) is 24.3 Å². The van der Waals surface area contributed by atoms with Crippen molar-refractivity contribution in [2.45, 2.75) is 31.7 Å². The van der Waals surface area contributed by atoms with E-state index in [2.05, 4.69) is 4.98 Å². The molecule has 1 atom stereocenters. The first-order valence-electron chi connectivity index (χ1n) is 9.59. The van der Waals surface area contributed by atoms with Gasteiger partial charge in [0.1, 0.15) is 5.82 Å². The minimum absolute atomic E-state index is 0.00406. The number of hydrogen-bond donors (Lipinski definition) is 0. The number of likely N-dealkylation sites (tertiary alicyclic amines) is 1. The highest BCUT2D eigenvalue weighted by molar-refractivity contribution is 5.79. The monoisotopic (exact) mass is 375 g/mol. The summed E-state index contributed by atoms with van der Waals surface area (Å²) in [6.45, 7) is 0.750. The van der Waals surface area contributed by atoms with Crippen LogP contribution in [-0.2, 0) is 17.6 Å². The van der Waals surface area contributed by atoms with Crippen LogP contribution in [0.5, 0.6) is 0 Å². The molecule has 3 aromatic rings. The summed E-state index contributed by atoms with van der Waals surface area (Å²) >= 11 is 0. The predicted molar refractivity (Wildman–Crippen MR) is 105 cm³/mol. The smallest absolute Gasteiger partial charge is 0.229 e. The molecule has 142 valence electrons. The van der Waals surface area contributed by atoms with Gasteiger partial charge in [-0.15, -0.1) is 0 Å². The molecule has 0 saturated carbocycles. The normalized spacial score (nSPS) is 16.3. The average Bonchev–Trinajstić information content (AvgIpc) is 3.21. The summed E-state index contributed by atoms with van der Waals surface area (Å²) < 4.78 is 13.1. The van der Waals surface area contributed by atoms with E-state index in [0.29, 0.717) is 12.8 Å². The van der Waals surface area contributed by atoms with Crippen molar-refractivity contribution < 1.29 is 9.18 Å². The van der Waals surface area contributed by atoms with Crippen molar-refractivity contribution in [3.8, 4) is 0 Å². The molecule has 3 heterocycles. The molecule has 2 aromatic heterocycles. The molecule has 1 fully saturated rings. The second-order valence-corrected chi connectivity index (χ2v) is 7.10. The molecule has 0 spiro atoms.